The molecule has 4 aliphatic carbocycles. The predicted octanol–water partition coefficient (Wildman–Crippen LogP) is 6.81. The van der Waals surface area contributed by atoms with E-state index in [2.05, 4.69) is 30.3 Å². The topological polar surface area (TPSA) is 65.0 Å². The van der Waals surface area contributed by atoms with Gasteiger partial charge in [-0.25, -0.2) is 4.79 Å². The molecule has 1 N–H and O–H groups in total. The lowest BCUT2D eigenvalue weighted by molar-refractivity contribution is -0.141. The molecule has 1 aliphatic heterocycles. The number of carboxylic acids is 1. The monoisotopic (exact) mass is 498 g/mol. The van der Waals surface area contributed by atoms with Crippen molar-refractivity contribution in [3.05, 3.63) is 65.7 Å². The van der Waals surface area contributed by atoms with Gasteiger partial charge in [0, 0.05) is 5.56 Å². The van der Waals surface area contributed by atoms with Crippen molar-refractivity contribution in [1.82, 2.24) is 0 Å². The summed E-state index contributed by atoms with van der Waals surface area (Å²) in [6.45, 7) is 4.94. The zero-order chi connectivity index (χ0) is 25.4. The van der Waals surface area contributed by atoms with Crippen LogP contribution in [0.4, 0.5) is 0 Å². The van der Waals surface area contributed by atoms with Gasteiger partial charge in [-0.05, 0) is 121 Å². The van der Waals surface area contributed by atoms with Crippen LogP contribution >= 0.6 is 0 Å². The van der Waals surface area contributed by atoms with Gasteiger partial charge in [0.15, 0.2) is 5.79 Å². The second kappa shape index (κ2) is 8.31. The van der Waals surface area contributed by atoms with E-state index in [9.17, 15) is 9.90 Å². The van der Waals surface area contributed by atoms with Crippen molar-refractivity contribution >= 4 is 16.7 Å². The lowest BCUT2D eigenvalue weighted by Crippen LogP contribution is -2.32. The van der Waals surface area contributed by atoms with Crippen molar-refractivity contribution in [3.8, 4) is 16.9 Å². The van der Waals surface area contributed by atoms with Crippen molar-refractivity contribution in [2.24, 2.45) is 17.8 Å². The van der Waals surface area contributed by atoms with Crippen LogP contribution in [0.25, 0.3) is 21.9 Å². The zero-order valence-corrected chi connectivity index (χ0v) is 21.5. The fourth-order valence-electron chi connectivity index (χ4n) is 7.98. The van der Waals surface area contributed by atoms with E-state index in [1.807, 2.05) is 26.0 Å². The van der Waals surface area contributed by atoms with E-state index in [1.165, 1.54) is 43.2 Å². The van der Waals surface area contributed by atoms with Gasteiger partial charge in [-0.2, -0.15) is 0 Å². The molecule has 0 radical (unpaired) electrons. The first-order valence-corrected chi connectivity index (χ1v) is 13.6. The van der Waals surface area contributed by atoms with E-state index >= 15 is 0 Å². The van der Waals surface area contributed by atoms with Crippen molar-refractivity contribution in [2.45, 2.75) is 63.3 Å². The summed E-state index contributed by atoms with van der Waals surface area (Å²) in [5.41, 5.74) is 4.22. The normalized spacial score (nSPS) is 31.3. The highest BCUT2D eigenvalue weighted by Crippen LogP contribution is 2.66. The fourth-order valence-corrected chi connectivity index (χ4v) is 7.98. The maximum Gasteiger partial charge on any atom is 0.335 e. The Morgan fingerprint density at radius 1 is 0.946 bits per heavy atom. The van der Waals surface area contributed by atoms with Gasteiger partial charge >= 0.3 is 5.97 Å². The first-order valence-electron chi connectivity index (χ1n) is 13.6. The number of hydrogen-bond donors (Lipinski definition) is 1. The Balaban J connectivity index is 1.24. The average Bonchev–Trinajstić information content (AvgIpc) is 3.47. The molecule has 5 nitrogen and oxygen atoms in total. The Morgan fingerprint density at radius 2 is 1.65 bits per heavy atom. The largest absolute Gasteiger partial charge is 0.490 e. The maximum atomic E-state index is 11.4. The van der Waals surface area contributed by atoms with E-state index in [4.69, 9.17) is 14.2 Å². The fraction of sp³-hybridized carbons (Fsp3) is 0.469. The average molecular weight is 499 g/mol. The van der Waals surface area contributed by atoms with Gasteiger partial charge in [0.1, 0.15) is 18.5 Å². The van der Waals surface area contributed by atoms with Gasteiger partial charge in [-0.3, -0.25) is 0 Å². The van der Waals surface area contributed by atoms with E-state index < -0.39 is 11.8 Å². The van der Waals surface area contributed by atoms with Gasteiger partial charge in [-0.1, -0.05) is 24.3 Å². The van der Waals surface area contributed by atoms with E-state index in [1.54, 1.807) is 12.1 Å². The quantitative estimate of drug-likeness (QED) is 0.404. The molecular weight excluding hydrogens is 464 g/mol. The first kappa shape index (κ1) is 23.2. The molecule has 4 saturated carbocycles. The predicted molar refractivity (Wildman–Crippen MR) is 142 cm³/mol. The smallest absolute Gasteiger partial charge is 0.335 e. The third kappa shape index (κ3) is 4.04. The molecule has 3 aromatic rings. The summed E-state index contributed by atoms with van der Waals surface area (Å²) in [7, 11) is 0. The molecule has 3 unspecified atom stereocenters. The number of aromatic carboxylic acids is 1. The molecule has 0 amide bonds. The van der Waals surface area contributed by atoms with Crippen LogP contribution in [-0.4, -0.2) is 36.2 Å². The maximum absolute atomic E-state index is 11.4. The van der Waals surface area contributed by atoms with Gasteiger partial charge in [-0.15, -0.1) is 0 Å². The van der Waals surface area contributed by atoms with Crippen molar-refractivity contribution in [2.75, 3.05) is 13.2 Å². The van der Waals surface area contributed by atoms with E-state index in [-0.39, 0.29) is 11.5 Å². The molecule has 3 atom stereocenters. The Morgan fingerprint density at radius 3 is 2.35 bits per heavy atom. The molecule has 5 fully saturated rings. The zero-order valence-electron chi connectivity index (χ0n) is 21.5. The van der Waals surface area contributed by atoms with Crippen molar-refractivity contribution < 1.29 is 24.1 Å². The SMILES string of the molecule is CC1(C)OCC(COc2ccc(-c3ccc4cc(C(=O)O)ccc4c3)cc2C23CC4CC(C2)C(C4)C3)O1. The summed E-state index contributed by atoms with van der Waals surface area (Å²) < 4.78 is 18.3. The molecule has 37 heavy (non-hydrogen) atoms. The second-order valence-corrected chi connectivity index (χ2v) is 12.3. The molecule has 192 valence electrons. The third-order valence-electron chi connectivity index (χ3n) is 9.39. The number of benzene rings is 3. The highest BCUT2D eigenvalue weighted by Gasteiger charge is 2.57. The minimum atomic E-state index is -0.899. The number of carbonyl (C=O) groups is 1. The van der Waals surface area contributed by atoms with Crippen molar-refractivity contribution in [1.29, 1.82) is 0 Å². The molecule has 1 saturated heterocycles. The number of carboxylic acid groups (broad SMARTS) is 1. The van der Waals surface area contributed by atoms with Crippen LogP contribution in [0.15, 0.2) is 54.6 Å². The minimum absolute atomic E-state index is 0.0627. The van der Waals surface area contributed by atoms with E-state index in [0.29, 0.717) is 18.8 Å². The number of hydrogen-bond acceptors (Lipinski definition) is 4. The van der Waals surface area contributed by atoms with Gasteiger partial charge in [0.05, 0.1) is 12.2 Å². The molecule has 1 heterocycles. The van der Waals surface area contributed by atoms with Crippen LogP contribution < -0.4 is 4.74 Å². The molecule has 5 aliphatic rings. The van der Waals surface area contributed by atoms with Crippen LogP contribution in [-0.2, 0) is 14.9 Å². The summed E-state index contributed by atoms with van der Waals surface area (Å²) in [5.74, 6) is 2.13. The Bertz CT molecular complexity index is 1370. The standard InChI is InChI=1S/C32H34O5/c1-31(2)36-18-27(37-31)17-35-29-8-7-23(13-28(29)32-14-19-9-25(15-32)26(10-19)16-32)21-3-4-22-12-24(30(33)34)6-5-20(22)11-21/h3-8,11-13,19,25-27H,9-10,14-18H2,1-2H3,(H,33,34). The summed E-state index contributed by atoms with van der Waals surface area (Å²) in [5, 5.41) is 11.3. The minimum Gasteiger partial charge on any atom is -0.490 e. The number of fused-ring (bicyclic) bond motifs is 1. The van der Waals surface area contributed by atoms with Gasteiger partial charge in [0.25, 0.3) is 0 Å². The summed E-state index contributed by atoms with van der Waals surface area (Å²) in [6.07, 6.45) is 6.58. The van der Waals surface area contributed by atoms with Gasteiger partial charge < -0.3 is 19.3 Å². The molecule has 0 spiro atoms. The van der Waals surface area contributed by atoms with Gasteiger partial charge in [0.2, 0.25) is 0 Å². The molecule has 3 aromatic carbocycles. The molecule has 8 rings (SSSR count). The lowest BCUT2D eigenvalue weighted by Gasteiger charge is -2.40. The van der Waals surface area contributed by atoms with E-state index in [0.717, 1.165) is 39.8 Å². The Hall–Kier alpha value is -2.89. The Kier molecular flexibility index (Phi) is 5.22. The number of ether oxygens (including phenoxy) is 3. The molecule has 5 heteroatoms. The van der Waals surface area contributed by atoms with Crippen molar-refractivity contribution in [3.63, 3.8) is 0 Å². The Labute approximate surface area is 217 Å². The molecule has 4 bridgehead atoms. The highest BCUT2D eigenvalue weighted by molar-refractivity contribution is 5.95. The summed E-state index contributed by atoms with van der Waals surface area (Å²) in [4.78, 5) is 11.4. The molecule has 0 aromatic heterocycles. The number of rotatable bonds is 6. The van der Waals surface area contributed by atoms with Crippen LogP contribution in [0.3, 0.4) is 0 Å². The summed E-state index contributed by atoms with van der Waals surface area (Å²) >= 11 is 0. The molecular formula is C32H34O5. The summed E-state index contributed by atoms with van der Waals surface area (Å²) in [6, 6.07) is 18.3. The van der Waals surface area contributed by atoms with Crippen LogP contribution in [0.1, 0.15) is 61.9 Å². The first-order chi connectivity index (χ1) is 17.8. The van der Waals surface area contributed by atoms with Crippen LogP contribution in [0, 0.1) is 17.8 Å². The lowest BCUT2D eigenvalue weighted by atomic mass is 9.65. The van der Waals surface area contributed by atoms with Crippen LogP contribution in [0.2, 0.25) is 0 Å². The van der Waals surface area contributed by atoms with Crippen LogP contribution in [0.5, 0.6) is 5.75 Å². The second-order valence-electron chi connectivity index (χ2n) is 12.3. The highest BCUT2D eigenvalue weighted by atomic mass is 16.7. The third-order valence-corrected chi connectivity index (χ3v) is 9.39.